The van der Waals surface area contributed by atoms with Crippen LogP contribution in [0.5, 0.6) is 0 Å². The molecule has 0 atom stereocenters. The van der Waals surface area contributed by atoms with Crippen molar-refractivity contribution in [1.29, 1.82) is 0 Å². The summed E-state index contributed by atoms with van der Waals surface area (Å²) in [7, 11) is -7.50. The van der Waals surface area contributed by atoms with Crippen LogP contribution < -0.4 is 10.0 Å². The number of benzene rings is 1. The number of anilines is 1. The second-order valence-electron chi connectivity index (χ2n) is 5.00. The fourth-order valence-electron chi connectivity index (χ4n) is 1.56. The van der Waals surface area contributed by atoms with Crippen molar-refractivity contribution in [3.63, 3.8) is 0 Å². The first-order valence-corrected chi connectivity index (χ1v) is 9.79. The molecule has 20 heavy (non-hydrogen) atoms. The van der Waals surface area contributed by atoms with Crippen molar-refractivity contribution in [2.45, 2.75) is 26.4 Å². The van der Waals surface area contributed by atoms with E-state index in [0.29, 0.717) is 18.3 Å². The molecule has 114 valence electrons. The molecule has 0 fully saturated rings. The molecule has 0 bridgehead atoms. The van der Waals surface area contributed by atoms with Gasteiger partial charge in [-0.15, -0.1) is 0 Å². The summed E-state index contributed by atoms with van der Waals surface area (Å²) in [5, 5.41) is 2.29. The van der Waals surface area contributed by atoms with E-state index >= 15 is 0 Å². The predicted octanol–water partition coefficient (Wildman–Crippen LogP) is 0.928. The second-order valence-corrected chi connectivity index (χ2v) is 9.22. The third kappa shape index (κ3) is 6.88. The molecule has 0 aliphatic heterocycles. The maximum atomic E-state index is 11.7. The average Bonchev–Trinajstić information content (AvgIpc) is 2.22. The van der Waals surface area contributed by atoms with Crippen molar-refractivity contribution in [3.05, 3.63) is 29.8 Å². The van der Waals surface area contributed by atoms with Crippen LogP contribution in [0.15, 0.2) is 24.3 Å². The third-order valence-electron chi connectivity index (χ3n) is 2.28. The molecule has 0 amide bonds. The standard InChI is InChI=1S/C12H20N2O4S2/c1-10(2)13-8-11-5-4-6-12(7-11)14-20(17,18)9-19(3,15)16/h4-7,10,13-14H,8-9H2,1-3H3. The van der Waals surface area contributed by atoms with Crippen molar-refractivity contribution in [2.75, 3.05) is 16.1 Å². The number of hydrogen-bond donors (Lipinski definition) is 2. The minimum absolute atomic E-state index is 0.320. The van der Waals surface area contributed by atoms with Crippen LogP contribution in [0.4, 0.5) is 5.69 Å². The van der Waals surface area contributed by atoms with Gasteiger partial charge in [0.05, 0.1) is 0 Å². The number of rotatable bonds is 7. The van der Waals surface area contributed by atoms with E-state index < -0.39 is 24.9 Å². The molecule has 1 aromatic carbocycles. The summed E-state index contributed by atoms with van der Waals surface area (Å²) < 4.78 is 47.7. The molecule has 8 heteroatoms. The van der Waals surface area contributed by atoms with Gasteiger partial charge in [-0.2, -0.15) is 0 Å². The Kier molecular flexibility index (Phi) is 5.55. The van der Waals surface area contributed by atoms with Crippen molar-refractivity contribution in [1.82, 2.24) is 5.32 Å². The highest BCUT2D eigenvalue weighted by atomic mass is 32.3. The summed E-state index contributed by atoms with van der Waals surface area (Å²) in [5.74, 6) is 0. The van der Waals surface area contributed by atoms with Crippen molar-refractivity contribution in [2.24, 2.45) is 0 Å². The first-order chi connectivity index (χ1) is 9.07. The Morgan fingerprint density at radius 1 is 1.15 bits per heavy atom. The van der Waals surface area contributed by atoms with Crippen molar-refractivity contribution < 1.29 is 16.8 Å². The Hall–Kier alpha value is -1.12. The molecule has 1 rings (SSSR count). The summed E-state index contributed by atoms with van der Waals surface area (Å²) in [6.07, 6.45) is 0.884. The van der Waals surface area contributed by atoms with Gasteiger partial charge in [0.2, 0.25) is 10.0 Å². The van der Waals surface area contributed by atoms with Gasteiger partial charge >= 0.3 is 0 Å². The zero-order valence-electron chi connectivity index (χ0n) is 11.8. The van der Waals surface area contributed by atoms with E-state index in [4.69, 9.17) is 0 Å². The molecular weight excluding hydrogens is 300 g/mol. The van der Waals surface area contributed by atoms with E-state index in [0.717, 1.165) is 11.8 Å². The van der Waals surface area contributed by atoms with Gasteiger partial charge in [0, 0.05) is 24.5 Å². The average molecular weight is 320 g/mol. The molecule has 0 radical (unpaired) electrons. The van der Waals surface area contributed by atoms with Crippen LogP contribution in [0.2, 0.25) is 0 Å². The lowest BCUT2D eigenvalue weighted by Gasteiger charge is -2.11. The van der Waals surface area contributed by atoms with E-state index in [1.54, 1.807) is 18.2 Å². The highest BCUT2D eigenvalue weighted by Gasteiger charge is 2.18. The molecule has 0 aliphatic carbocycles. The number of hydrogen-bond acceptors (Lipinski definition) is 5. The molecule has 1 aromatic rings. The first-order valence-electron chi connectivity index (χ1n) is 6.08. The normalized spacial score (nSPS) is 12.6. The maximum Gasteiger partial charge on any atom is 0.247 e. The highest BCUT2D eigenvalue weighted by molar-refractivity contribution is 8.08. The Morgan fingerprint density at radius 2 is 1.80 bits per heavy atom. The smallest absolute Gasteiger partial charge is 0.247 e. The van der Waals surface area contributed by atoms with E-state index in [2.05, 4.69) is 10.0 Å². The van der Waals surface area contributed by atoms with E-state index in [-0.39, 0.29) is 0 Å². The largest absolute Gasteiger partial charge is 0.310 e. The zero-order chi connectivity index (χ0) is 15.4. The minimum atomic E-state index is -3.90. The summed E-state index contributed by atoms with van der Waals surface area (Å²) in [6, 6.07) is 7.16. The quantitative estimate of drug-likeness (QED) is 0.779. The fourth-order valence-corrected chi connectivity index (χ4v) is 4.53. The Bertz CT molecular complexity index is 652. The monoisotopic (exact) mass is 320 g/mol. The van der Waals surface area contributed by atoms with Crippen molar-refractivity contribution in [3.8, 4) is 0 Å². The zero-order valence-corrected chi connectivity index (χ0v) is 13.4. The number of sulfonamides is 1. The molecular formula is C12H20N2O4S2. The highest BCUT2D eigenvalue weighted by Crippen LogP contribution is 2.13. The van der Waals surface area contributed by atoms with Crippen molar-refractivity contribution >= 4 is 25.5 Å². The topological polar surface area (TPSA) is 92.3 Å². The van der Waals surface area contributed by atoms with Gasteiger partial charge in [0.1, 0.15) is 0 Å². The fraction of sp³-hybridized carbons (Fsp3) is 0.500. The van der Waals surface area contributed by atoms with Crippen LogP contribution >= 0.6 is 0 Å². The lowest BCUT2D eigenvalue weighted by molar-refractivity contribution is 0.588. The Balaban J connectivity index is 2.80. The van der Waals surface area contributed by atoms with Gasteiger partial charge < -0.3 is 5.32 Å². The molecule has 0 aliphatic rings. The van der Waals surface area contributed by atoms with Crippen LogP contribution in [-0.4, -0.2) is 34.2 Å². The second kappa shape index (κ2) is 6.55. The third-order valence-corrected chi connectivity index (χ3v) is 5.78. The molecule has 0 spiro atoms. The first kappa shape index (κ1) is 16.9. The minimum Gasteiger partial charge on any atom is -0.310 e. The summed E-state index contributed by atoms with van der Waals surface area (Å²) in [5.41, 5.74) is 1.27. The lowest BCUT2D eigenvalue weighted by atomic mass is 10.2. The van der Waals surface area contributed by atoms with Gasteiger partial charge in [0.15, 0.2) is 14.9 Å². The summed E-state index contributed by atoms with van der Waals surface area (Å²) in [6.45, 7) is 4.64. The SMILES string of the molecule is CC(C)NCc1cccc(NS(=O)(=O)CS(C)(=O)=O)c1. The van der Waals surface area contributed by atoms with E-state index in [1.165, 1.54) is 0 Å². The molecule has 0 saturated heterocycles. The maximum absolute atomic E-state index is 11.7. The van der Waals surface area contributed by atoms with Gasteiger partial charge in [-0.05, 0) is 17.7 Å². The molecule has 0 heterocycles. The Labute approximate surface area is 120 Å². The van der Waals surface area contributed by atoms with E-state index in [1.807, 2.05) is 19.9 Å². The van der Waals surface area contributed by atoms with Crippen LogP contribution in [0.1, 0.15) is 19.4 Å². The van der Waals surface area contributed by atoms with Gasteiger partial charge in [-0.1, -0.05) is 26.0 Å². The molecule has 6 nitrogen and oxygen atoms in total. The van der Waals surface area contributed by atoms with Crippen LogP contribution in [0.25, 0.3) is 0 Å². The van der Waals surface area contributed by atoms with Gasteiger partial charge in [-0.25, -0.2) is 16.8 Å². The van der Waals surface area contributed by atoms with Gasteiger partial charge in [-0.3, -0.25) is 4.72 Å². The molecule has 2 N–H and O–H groups in total. The van der Waals surface area contributed by atoms with E-state index in [9.17, 15) is 16.8 Å². The van der Waals surface area contributed by atoms with Gasteiger partial charge in [0.25, 0.3) is 0 Å². The molecule has 0 unspecified atom stereocenters. The van der Waals surface area contributed by atoms with Crippen LogP contribution in [0, 0.1) is 0 Å². The number of nitrogens with one attached hydrogen (secondary N) is 2. The lowest BCUT2D eigenvalue weighted by Crippen LogP contribution is -2.23. The molecule has 0 saturated carbocycles. The summed E-state index contributed by atoms with van der Waals surface area (Å²) in [4.78, 5) is 0. The summed E-state index contributed by atoms with van der Waals surface area (Å²) >= 11 is 0. The van der Waals surface area contributed by atoms with Crippen LogP contribution in [-0.2, 0) is 26.4 Å². The van der Waals surface area contributed by atoms with Crippen LogP contribution in [0.3, 0.4) is 0 Å². The number of sulfone groups is 1. The Morgan fingerprint density at radius 3 is 2.35 bits per heavy atom. The predicted molar refractivity (Wildman–Crippen MR) is 80.7 cm³/mol. The molecule has 0 aromatic heterocycles.